The molecule has 0 saturated heterocycles. The number of hydrogen-bond acceptors (Lipinski definition) is 3. The van der Waals surface area contributed by atoms with E-state index in [0.717, 1.165) is 25.7 Å². The highest BCUT2D eigenvalue weighted by molar-refractivity contribution is 7.89. The van der Waals surface area contributed by atoms with Gasteiger partial charge >= 0.3 is 5.97 Å². The molecule has 2 aliphatic rings. The summed E-state index contributed by atoms with van der Waals surface area (Å²) < 4.78 is 28.4. The summed E-state index contributed by atoms with van der Waals surface area (Å²) in [6.45, 7) is 0. The van der Waals surface area contributed by atoms with Crippen molar-refractivity contribution in [2.75, 3.05) is 0 Å². The summed E-state index contributed by atoms with van der Waals surface area (Å²) in [6.07, 6.45) is 10.00. The van der Waals surface area contributed by atoms with E-state index in [4.69, 9.17) is 5.11 Å². The predicted molar refractivity (Wildman–Crippen MR) is 100 cm³/mol. The van der Waals surface area contributed by atoms with Gasteiger partial charge in [0.2, 0.25) is 10.0 Å². The van der Waals surface area contributed by atoms with Crippen LogP contribution >= 0.6 is 0 Å². The Morgan fingerprint density at radius 3 is 2.62 bits per heavy atom. The first-order valence-electron chi connectivity index (χ1n) is 9.41. The fourth-order valence-electron chi connectivity index (χ4n) is 4.52. The van der Waals surface area contributed by atoms with E-state index < -0.39 is 16.0 Å². The second-order valence-corrected chi connectivity index (χ2v) is 9.16. The first-order chi connectivity index (χ1) is 12.5. The Kier molecular flexibility index (Phi) is 6.14. The molecule has 2 N–H and O–H groups in total. The topological polar surface area (TPSA) is 83.5 Å². The van der Waals surface area contributed by atoms with E-state index >= 15 is 0 Å². The zero-order valence-electron chi connectivity index (χ0n) is 14.9. The molecule has 0 amide bonds. The molecule has 0 heterocycles. The number of rotatable bonds is 9. The number of allylic oxidation sites excluding steroid dienone is 2. The fraction of sp³-hybridized carbons (Fsp3) is 0.550. The number of nitrogens with one attached hydrogen (secondary N) is 1. The van der Waals surface area contributed by atoms with Crippen LogP contribution in [-0.2, 0) is 14.8 Å². The molecular formula is C20H27NO4S. The van der Waals surface area contributed by atoms with Crippen LogP contribution in [0.2, 0.25) is 0 Å². The average molecular weight is 378 g/mol. The van der Waals surface area contributed by atoms with Crippen LogP contribution < -0.4 is 4.72 Å². The molecule has 0 aliphatic heterocycles. The summed E-state index contributed by atoms with van der Waals surface area (Å²) in [5, 5.41) is 8.66. The zero-order chi connectivity index (χ0) is 18.6. The Bertz CT molecular complexity index is 744. The Labute approximate surface area is 155 Å². The van der Waals surface area contributed by atoms with Crippen molar-refractivity contribution in [2.45, 2.75) is 55.9 Å². The van der Waals surface area contributed by atoms with E-state index in [1.165, 1.54) is 6.42 Å². The van der Waals surface area contributed by atoms with Gasteiger partial charge in [0.05, 0.1) is 4.90 Å². The highest BCUT2D eigenvalue weighted by Crippen LogP contribution is 2.50. The lowest BCUT2D eigenvalue weighted by atomic mass is 9.83. The van der Waals surface area contributed by atoms with Crippen LogP contribution in [0.4, 0.5) is 0 Å². The van der Waals surface area contributed by atoms with Gasteiger partial charge < -0.3 is 5.11 Å². The first kappa shape index (κ1) is 19.1. The van der Waals surface area contributed by atoms with Gasteiger partial charge in [-0.1, -0.05) is 30.4 Å². The molecule has 2 saturated carbocycles. The number of benzene rings is 1. The number of carbonyl (C=O) groups is 1. The molecule has 26 heavy (non-hydrogen) atoms. The van der Waals surface area contributed by atoms with Crippen molar-refractivity contribution in [2.24, 2.45) is 17.8 Å². The minimum atomic E-state index is -3.49. The second kappa shape index (κ2) is 8.35. The second-order valence-electron chi connectivity index (χ2n) is 7.45. The number of unbranched alkanes of at least 4 members (excludes halogenated alkanes) is 1. The molecule has 4 atom stereocenters. The largest absolute Gasteiger partial charge is 0.481 e. The first-order valence-corrected chi connectivity index (χ1v) is 10.9. The monoisotopic (exact) mass is 377 g/mol. The summed E-state index contributed by atoms with van der Waals surface area (Å²) in [7, 11) is -3.49. The van der Waals surface area contributed by atoms with Crippen molar-refractivity contribution >= 4 is 16.0 Å². The Morgan fingerprint density at radius 2 is 1.88 bits per heavy atom. The minimum Gasteiger partial charge on any atom is -0.481 e. The quantitative estimate of drug-likeness (QED) is 0.509. The van der Waals surface area contributed by atoms with Gasteiger partial charge in [0.1, 0.15) is 0 Å². The van der Waals surface area contributed by atoms with Crippen molar-refractivity contribution < 1.29 is 18.3 Å². The van der Waals surface area contributed by atoms with Gasteiger partial charge in [0.25, 0.3) is 0 Å². The van der Waals surface area contributed by atoms with E-state index in [9.17, 15) is 13.2 Å². The summed E-state index contributed by atoms with van der Waals surface area (Å²) in [5.41, 5.74) is 0. The van der Waals surface area contributed by atoms with Gasteiger partial charge in [-0.25, -0.2) is 13.1 Å². The highest BCUT2D eigenvalue weighted by Gasteiger charge is 2.48. The molecule has 2 aliphatic carbocycles. The molecule has 0 unspecified atom stereocenters. The number of carboxylic acid groups (broad SMARTS) is 1. The van der Waals surface area contributed by atoms with Crippen LogP contribution in [0, 0.1) is 17.8 Å². The molecule has 6 heteroatoms. The van der Waals surface area contributed by atoms with Crippen LogP contribution in [0.1, 0.15) is 44.9 Å². The number of fused-ring (bicyclic) bond motifs is 2. The third kappa shape index (κ3) is 4.54. The molecule has 0 aromatic heterocycles. The number of aliphatic carboxylic acids is 1. The molecular weight excluding hydrogens is 350 g/mol. The maximum atomic E-state index is 12.7. The van der Waals surface area contributed by atoms with Gasteiger partial charge in [0, 0.05) is 12.5 Å². The molecule has 0 radical (unpaired) electrons. The van der Waals surface area contributed by atoms with E-state index in [1.54, 1.807) is 24.3 Å². The predicted octanol–water partition coefficient (Wildman–Crippen LogP) is 3.58. The van der Waals surface area contributed by atoms with Crippen LogP contribution in [-0.4, -0.2) is 25.5 Å². The number of sulfonamides is 1. The normalized spacial score (nSPS) is 28.0. The fourth-order valence-corrected chi connectivity index (χ4v) is 5.90. The van der Waals surface area contributed by atoms with Crippen LogP contribution in [0.15, 0.2) is 47.4 Å². The SMILES string of the molecule is O=C(O)CCC/C=C\C[C@H]1[C@H]2CC[C@@H](C2)[C@@H]1NS(=O)(=O)c1ccccc1. The molecule has 0 spiro atoms. The van der Waals surface area contributed by atoms with Crippen LogP contribution in [0.25, 0.3) is 0 Å². The van der Waals surface area contributed by atoms with Gasteiger partial charge in [-0.15, -0.1) is 0 Å². The van der Waals surface area contributed by atoms with Crippen molar-refractivity contribution in [3.63, 3.8) is 0 Å². The number of carboxylic acids is 1. The number of hydrogen-bond donors (Lipinski definition) is 2. The third-order valence-electron chi connectivity index (χ3n) is 5.77. The van der Waals surface area contributed by atoms with Gasteiger partial charge in [-0.3, -0.25) is 4.79 Å². The van der Waals surface area contributed by atoms with Gasteiger partial charge in [0.15, 0.2) is 0 Å². The smallest absolute Gasteiger partial charge is 0.303 e. The Morgan fingerprint density at radius 1 is 1.15 bits per heavy atom. The summed E-state index contributed by atoms with van der Waals surface area (Å²) >= 11 is 0. The van der Waals surface area contributed by atoms with E-state index in [2.05, 4.69) is 10.8 Å². The molecule has 5 nitrogen and oxygen atoms in total. The standard InChI is InChI=1S/C20H27NO4S/c22-19(23)11-7-2-1-6-10-18-15-12-13-16(14-15)20(18)21-26(24,25)17-8-4-3-5-9-17/h1,3-6,8-9,15-16,18,20-21H,2,7,10-14H2,(H,22,23)/b6-1-/t15-,16-,18-,20-/m0/s1. The van der Waals surface area contributed by atoms with Crippen LogP contribution in [0.3, 0.4) is 0 Å². The molecule has 2 bridgehead atoms. The van der Waals surface area contributed by atoms with Crippen LogP contribution in [0.5, 0.6) is 0 Å². The maximum Gasteiger partial charge on any atom is 0.303 e. The maximum absolute atomic E-state index is 12.7. The third-order valence-corrected chi connectivity index (χ3v) is 7.24. The highest BCUT2D eigenvalue weighted by atomic mass is 32.2. The molecule has 2 fully saturated rings. The Balaban J connectivity index is 1.60. The van der Waals surface area contributed by atoms with E-state index in [1.807, 2.05) is 12.1 Å². The van der Waals surface area contributed by atoms with Crippen molar-refractivity contribution in [3.05, 3.63) is 42.5 Å². The lowest BCUT2D eigenvalue weighted by Gasteiger charge is -2.31. The van der Waals surface area contributed by atoms with Crippen molar-refractivity contribution in [1.29, 1.82) is 0 Å². The summed E-state index contributed by atoms with van der Waals surface area (Å²) in [6, 6.07) is 8.57. The van der Waals surface area contributed by atoms with Crippen molar-refractivity contribution in [1.82, 2.24) is 4.72 Å². The van der Waals surface area contributed by atoms with E-state index in [0.29, 0.717) is 29.1 Å². The van der Waals surface area contributed by atoms with Gasteiger partial charge in [-0.05, 0) is 68.4 Å². The zero-order valence-corrected chi connectivity index (χ0v) is 15.7. The van der Waals surface area contributed by atoms with Crippen molar-refractivity contribution in [3.8, 4) is 0 Å². The summed E-state index contributed by atoms with van der Waals surface area (Å²) in [4.78, 5) is 10.9. The molecule has 142 valence electrons. The minimum absolute atomic E-state index is 0.00243. The lowest BCUT2D eigenvalue weighted by Crippen LogP contribution is -2.43. The summed E-state index contributed by atoms with van der Waals surface area (Å²) in [5.74, 6) is 0.598. The molecule has 1 aromatic rings. The lowest BCUT2D eigenvalue weighted by molar-refractivity contribution is -0.137. The molecule has 3 rings (SSSR count). The van der Waals surface area contributed by atoms with Gasteiger partial charge in [-0.2, -0.15) is 0 Å². The average Bonchev–Trinajstić information content (AvgIpc) is 3.20. The molecule has 1 aromatic carbocycles. The Hall–Kier alpha value is -1.66. The van der Waals surface area contributed by atoms with E-state index in [-0.39, 0.29) is 12.5 Å².